The van der Waals surface area contributed by atoms with Crippen LogP contribution in [0.2, 0.25) is 5.02 Å². The van der Waals surface area contributed by atoms with Crippen LogP contribution in [0, 0.1) is 0 Å². The number of amides is 1. The number of rotatable bonds is 14. The molecule has 0 aliphatic heterocycles. The molecule has 1 atom stereocenters. The van der Waals surface area contributed by atoms with Gasteiger partial charge in [0, 0.05) is 17.6 Å². The lowest BCUT2D eigenvalue weighted by Gasteiger charge is -2.15. The SMILES string of the molecule is COc1cc(/C=C/C(=O)NCCC[C@H](NS(=O)(=O)c2ccc(-c3ccc(Cl)cc3)cc2)C(=O)O)cc(OC)c1OC. The number of carbonyl (C=O) groups excluding carboxylic acids is 1. The standard InChI is InChI=1S/C29H31ClN2O8S/c1-38-25-17-19(18-26(39-2)28(25)40-3)6-15-27(33)31-16-4-5-24(29(34)35)32-41(36,37)23-13-9-21(10-14-23)20-7-11-22(30)12-8-20/h6-15,17-18,24,32H,4-5,16H2,1-3H3,(H,31,33)(H,34,35)/b15-6+/t24-/m0/s1. The van der Waals surface area contributed by atoms with Crippen LogP contribution in [0.5, 0.6) is 17.2 Å². The van der Waals surface area contributed by atoms with Crippen LogP contribution < -0.4 is 24.2 Å². The molecule has 0 heterocycles. The number of aliphatic carboxylic acids is 1. The minimum absolute atomic E-state index is 0.0334. The van der Waals surface area contributed by atoms with Crippen molar-refractivity contribution in [1.82, 2.24) is 10.0 Å². The third-order valence-corrected chi connectivity index (χ3v) is 7.76. The van der Waals surface area contributed by atoms with Gasteiger partial charge in [0.2, 0.25) is 21.7 Å². The minimum Gasteiger partial charge on any atom is -0.493 e. The molecule has 12 heteroatoms. The zero-order valence-corrected chi connectivity index (χ0v) is 24.3. The lowest BCUT2D eigenvalue weighted by molar-refractivity contribution is -0.139. The quantitative estimate of drug-likeness (QED) is 0.182. The molecule has 41 heavy (non-hydrogen) atoms. The van der Waals surface area contributed by atoms with E-state index in [-0.39, 0.29) is 24.3 Å². The van der Waals surface area contributed by atoms with Gasteiger partial charge in [0.05, 0.1) is 26.2 Å². The van der Waals surface area contributed by atoms with Gasteiger partial charge < -0.3 is 24.6 Å². The normalized spacial score (nSPS) is 12.1. The van der Waals surface area contributed by atoms with Gasteiger partial charge in [0.25, 0.3) is 0 Å². The second-order valence-electron chi connectivity index (χ2n) is 8.77. The smallest absolute Gasteiger partial charge is 0.321 e. The topological polar surface area (TPSA) is 140 Å². The van der Waals surface area contributed by atoms with E-state index in [1.165, 1.54) is 39.5 Å². The summed E-state index contributed by atoms with van der Waals surface area (Å²) in [5.41, 5.74) is 2.27. The molecule has 0 fully saturated rings. The zero-order chi connectivity index (χ0) is 30.0. The van der Waals surface area contributed by atoms with E-state index in [9.17, 15) is 23.1 Å². The van der Waals surface area contributed by atoms with Crippen LogP contribution in [0.4, 0.5) is 0 Å². The Kier molecular flexibility index (Phi) is 11.2. The summed E-state index contributed by atoms with van der Waals surface area (Å²) in [5, 5.41) is 12.8. The Bertz CT molecular complexity index is 1470. The second kappa shape index (κ2) is 14.5. The molecule has 10 nitrogen and oxygen atoms in total. The van der Waals surface area contributed by atoms with Gasteiger partial charge in [-0.3, -0.25) is 9.59 Å². The molecule has 0 saturated heterocycles. The minimum atomic E-state index is -4.10. The molecule has 1 amide bonds. The summed E-state index contributed by atoms with van der Waals surface area (Å²) in [6.45, 7) is 0.139. The Morgan fingerprint density at radius 2 is 1.49 bits per heavy atom. The highest BCUT2D eigenvalue weighted by Crippen LogP contribution is 2.38. The number of nitrogens with one attached hydrogen (secondary N) is 2. The molecule has 3 aromatic carbocycles. The van der Waals surface area contributed by atoms with Crippen molar-refractivity contribution in [1.29, 1.82) is 0 Å². The van der Waals surface area contributed by atoms with Crippen molar-refractivity contribution in [2.45, 2.75) is 23.8 Å². The number of ether oxygens (including phenoxy) is 3. The molecule has 0 aliphatic rings. The number of hydrogen-bond donors (Lipinski definition) is 3. The van der Waals surface area contributed by atoms with E-state index in [0.717, 1.165) is 11.1 Å². The number of methoxy groups -OCH3 is 3. The van der Waals surface area contributed by atoms with Crippen molar-refractivity contribution in [2.24, 2.45) is 0 Å². The van der Waals surface area contributed by atoms with Crippen molar-refractivity contribution >= 4 is 39.6 Å². The molecule has 3 aromatic rings. The van der Waals surface area contributed by atoms with Crippen LogP contribution in [-0.4, -0.2) is 59.3 Å². The summed E-state index contributed by atoms with van der Waals surface area (Å²) >= 11 is 5.91. The number of carbonyl (C=O) groups is 2. The van der Waals surface area contributed by atoms with Gasteiger partial charge in [-0.05, 0) is 72.0 Å². The monoisotopic (exact) mass is 602 g/mol. The highest BCUT2D eigenvalue weighted by molar-refractivity contribution is 7.89. The van der Waals surface area contributed by atoms with E-state index in [1.54, 1.807) is 42.5 Å². The molecule has 0 saturated carbocycles. The first-order chi connectivity index (χ1) is 19.6. The maximum absolute atomic E-state index is 12.8. The molecule has 218 valence electrons. The van der Waals surface area contributed by atoms with Crippen LogP contribution in [0.3, 0.4) is 0 Å². The Labute approximate surface area is 243 Å². The van der Waals surface area contributed by atoms with Crippen LogP contribution in [0.1, 0.15) is 18.4 Å². The third-order valence-electron chi connectivity index (χ3n) is 6.02. The van der Waals surface area contributed by atoms with Gasteiger partial charge in [-0.15, -0.1) is 0 Å². The van der Waals surface area contributed by atoms with Gasteiger partial charge >= 0.3 is 5.97 Å². The Balaban J connectivity index is 1.54. The molecule has 3 N–H and O–H groups in total. The fourth-order valence-electron chi connectivity index (χ4n) is 3.90. The molecule has 0 spiro atoms. The van der Waals surface area contributed by atoms with Gasteiger partial charge in [-0.25, -0.2) is 8.42 Å². The number of hydrogen-bond acceptors (Lipinski definition) is 7. The van der Waals surface area contributed by atoms with Crippen molar-refractivity contribution in [3.63, 3.8) is 0 Å². The van der Waals surface area contributed by atoms with E-state index in [0.29, 0.717) is 27.8 Å². The Hall–Kier alpha value is -4.06. The number of halogens is 1. The molecule has 0 aromatic heterocycles. The molecular weight excluding hydrogens is 572 g/mol. The van der Waals surface area contributed by atoms with E-state index in [1.807, 2.05) is 12.1 Å². The second-order valence-corrected chi connectivity index (χ2v) is 10.9. The van der Waals surface area contributed by atoms with Crippen LogP contribution in [0.15, 0.2) is 71.6 Å². The number of benzene rings is 3. The average molecular weight is 603 g/mol. The molecule has 3 rings (SSSR count). The summed E-state index contributed by atoms with van der Waals surface area (Å²) in [7, 11) is 0.364. The maximum atomic E-state index is 12.8. The number of carboxylic acid groups (broad SMARTS) is 1. The molecule has 0 bridgehead atoms. The maximum Gasteiger partial charge on any atom is 0.321 e. The predicted octanol–water partition coefficient (Wildman–Crippen LogP) is 4.37. The van der Waals surface area contributed by atoms with Crippen molar-refractivity contribution in [3.8, 4) is 28.4 Å². The Morgan fingerprint density at radius 3 is 2.00 bits per heavy atom. The Morgan fingerprint density at radius 1 is 0.927 bits per heavy atom. The first kappa shape index (κ1) is 31.5. The predicted molar refractivity (Wildman–Crippen MR) is 156 cm³/mol. The lowest BCUT2D eigenvalue weighted by Crippen LogP contribution is -2.41. The van der Waals surface area contributed by atoms with Gasteiger partial charge in [-0.1, -0.05) is 35.9 Å². The highest BCUT2D eigenvalue weighted by Gasteiger charge is 2.25. The summed E-state index contributed by atoms with van der Waals surface area (Å²) < 4.78 is 43.8. The van der Waals surface area contributed by atoms with E-state index < -0.39 is 27.9 Å². The largest absolute Gasteiger partial charge is 0.493 e. The molecular formula is C29H31ClN2O8S. The van der Waals surface area contributed by atoms with Gasteiger partial charge in [0.1, 0.15) is 6.04 Å². The van der Waals surface area contributed by atoms with Gasteiger partial charge in [0.15, 0.2) is 11.5 Å². The number of sulfonamides is 1. The van der Waals surface area contributed by atoms with E-state index in [2.05, 4.69) is 10.0 Å². The summed E-state index contributed by atoms with van der Waals surface area (Å²) in [4.78, 5) is 24.0. The fourth-order valence-corrected chi connectivity index (χ4v) is 5.25. The fraction of sp³-hybridized carbons (Fsp3) is 0.241. The van der Waals surface area contributed by atoms with Crippen molar-refractivity contribution in [3.05, 3.63) is 77.3 Å². The van der Waals surface area contributed by atoms with Crippen molar-refractivity contribution in [2.75, 3.05) is 27.9 Å². The zero-order valence-electron chi connectivity index (χ0n) is 22.7. The average Bonchev–Trinajstić information content (AvgIpc) is 2.97. The van der Waals surface area contributed by atoms with Crippen LogP contribution in [-0.2, 0) is 19.6 Å². The van der Waals surface area contributed by atoms with Crippen LogP contribution in [0.25, 0.3) is 17.2 Å². The number of carboxylic acids is 1. The summed E-state index contributed by atoms with van der Waals surface area (Å²) in [5.74, 6) is -0.430. The van der Waals surface area contributed by atoms with Crippen LogP contribution >= 0.6 is 11.6 Å². The molecule has 0 unspecified atom stereocenters. The van der Waals surface area contributed by atoms with E-state index in [4.69, 9.17) is 25.8 Å². The first-order valence-corrected chi connectivity index (χ1v) is 14.3. The summed E-state index contributed by atoms with van der Waals surface area (Å²) in [6.07, 6.45) is 3.06. The molecule has 0 aliphatic carbocycles. The first-order valence-electron chi connectivity index (χ1n) is 12.4. The van der Waals surface area contributed by atoms with Crippen molar-refractivity contribution < 1.29 is 37.3 Å². The lowest BCUT2D eigenvalue weighted by atomic mass is 10.1. The third kappa shape index (κ3) is 8.71. The highest BCUT2D eigenvalue weighted by atomic mass is 35.5. The molecule has 0 radical (unpaired) electrons. The van der Waals surface area contributed by atoms with Gasteiger partial charge in [-0.2, -0.15) is 4.72 Å². The van der Waals surface area contributed by atoms with E-state index >= 15 is 0 Å². The summed E-state index contributed by atoms with van der Waals surface area (Å²) in [6, 6.07) is 15.2.